The molecule has 0 fully saturated rings. The quantitative estimate of drug-likeness (QED) is 0.683. The Labute approximate surface area is 126 Å². The highest BCUT2D eigenvalue weighted by atomic mass is 29.2. The molecule has 0 rings (SSSR count). The molecule has 0 aromatic heterocycles. The van der Waals surface area contributed by atoms with Gasteiger partial charge in [-0.1, -0.05) is 6.55 Å². The topological polar surface area (TPSA) is 52.6 Å². The van der Waals surface area contributed by atoms with E-state index in [1.54, 1.807) is 0 Å². The van der Waals surface area contributed by atoms with Gasteiger partial charge in [-0.05, 0) is 53.1 Å². The van der Waals surface area contributed by atoms with E-state index in [1.165, 1.54) is 0 Å². The molecule has 9 heteroatoms. The van der Waals surface area contributed by atoms with Crippen LogP contribution in [0.2, 0.25) is 45.8 Å². The van der Waals surface area contributed by atoms with Crippen molar-refractivity contribution in [3.63, 3.8) is 0 Å². The molecule has 0 amide bonds. The molecule has 19 heavy (non-hydrogen) atoms. The van der Waals surface area contributed by atoms with Crippen molar-refractivity contribution in [2.45, 2.75) is 64.9 Å². The zero-order valence-corrected chi connectivity index (χ0v) is 19.3. The molecule has 0 radical (unpaired) electrons. The number of rotatable bonds is 6. The van der Waals surface area contributed by atoms with Crippen LogP contribution in [-0.4, -0.2) is 48.7 Å². The second kappa shape index (κ2) is 8.67. The van der Waals surface area contributed by atoms with E-state index in [0.717, 1.165) is 0 Å². The highest BCUT2D eigenvalue weighted by Gasteiger charge is 2.33. The molecule has 1 unspecified atom stereocenters. The van der Waals surface area contributed by atoms with Gasteiger partial charge in [-0.3, -0.25) is 0 Å². The van der Waals surface area contributed by atoms with Crippen molar-refractivity contribution in [3.05, 3.63) is 0 Å². The Hall–Kier alpha value is 0.444. The molecule has 0 bridgehead atoms. The first-order valence-electron chi connectivity index (χ1n) is 6.52. The van der Waals surface area contributed by atoms with Crippen LogP contribution in [0.25, 0.3) is 0 Å². The van der Waals surface area contributed by atoms with Crippen molar-refractivity contribution in [2.24, 2.45) is 0 Å². The van der Waals surface area contributed by atoms with Crippen molar-refractivity contribution in [3.8, 4) is 0 Å². The zero-order valence-electron chi connectivity index (χ0n) is 13.9. The fourth-order valence-electron chi connectivity index (χ4n) is 1.19. The Bertz CT molecular complexity index is 283. The highest BCUT2D eigenvalue weighted by molar-refractivity contribution is 7.07. The SMILES string of the molecule is C[SiH]([SiH]=O)C(C)(C)O[Si](C)(C)C.C[Si](C)(C)O[SiH]=O. The molecule has 0 aliphatic carbocycles. The summed E-state index contributed by atoms with van der Waals surface area (Å²) in [5.74, 6) is 0. The van der Waals surface area contributed by atoms with E-state index in [0.29, 0.717) is 0 Å². The van der Waals surface area contributed by atoms with Gasteiger partial charge in [-0.15, -0.1) is 0 Å². The summed E-state index contributed by atoms with van der Waals surface area (Å²) in [4.78, 5) is 0. The van der Waals surface area contributed by atoms with Gasteiger partial charge >= 0.3 is 9.65 Å². The lowest BCUT2D eigenvalue weighted by atomic mass is 10.5. The second-order valence-corrected chi connectivity index (χ2v) is 23.9. The first-order chi connectivity index (χ1) is 8.25. The van der Waals surface area contributed by atoms with Crippen molar-refractivity contribution < 1.29 is 17.5 Å². The van der Waals surface area contributed by atoms with Crippen LogP contribution in [0.15, 0.2) is 0 Å². The van der Waals surface area contributed by atoms with Crippen molar-refractivity contribution in [2.75, 3.05) is 0 Å². The summed E-state index contributed by atoms with van der Waals surface area (Å²) in [7, 11) is -5.62. The van der Waals surface area contributed by atoms with Gasteiger partial charge in [-0.25, -0.2) is 0 Å². The molecule has 114 valence electrons. The van der Waals surface area contributed by atoms with E-state index in [4.69, 9.17) is 8.54 Å². The monoisotopic (exact) mass is 354 g/mol. The second-order valence-electron chi connectivity index (χ2n) is 7.07. The summed E-state index contributed by atoms with van der Waals surface area (Å²) in [5.41, 5.74) is 0. The summed E-state index contributed by atoms with van der Waals surface area (Å²) in [5, 5.41) is -0.0818. The van der Waals surface area contributed by atoms with Gasteiger partial charge in [0, 0.05) is 5.22 Å². The van der Waals surface area contributed by atoms with Gasteiger partial charge in [0.2, 0.25) is 17.2 Å². The molecule has 0 aliphatic heterocycles. The minimum atomic E-state index is -1.46. The molecule has 0 aromatic carbocycles. The third kappa shape index (κ3) is 14.7. The average molecular weight is 355 g/mol. The van der Waals surface area contributed by atoms with Crippen LogP contribution >= 0.6 is 0 Å². The molecular formula is C10H30O4Si5. The van der Waals surface area contributed by atoms with Crippen LogP contribution in [0, 0.1) is 0 Å². The van der Waals surface area contributed by atoms with Crippen LogP contribution in [0.5, 0.6) is 0 Å². The van der Waals surface area contributed by atoms with Gasteiger partial charge < -0.3 is 17.5 Å². The Morgan fingerprint density at radius 1 is 0.947 bits per heavy atom. The molecule has 0 aliphatic rings. The summed E-state index contributed by atoms with van der Waals surface area (Å²) in [6, 6.07) is 0. The largest absolute Gasteiger partial charge is 0.581 e. The van der Waals surface area contributed by atoms with Gasteiger partial charge in [0.05, 0.1) is 0 Å². The number of hydrogen-bond donors (Lipinski definition) is 0. The van der Waals surface area contributed by atoms with E-state index in [1.807, 2.05) is 19.6 Å². The lowest BCUT2D eigenvalue weighted by molar-refractivity contribution is 0.184. The molecule has 1 atom stereocenters. The Morgan fingerprint density at radius 3 is 1.53 bits per heavy atom. The van der Waals surface area contributed by atoms with E-state index >= 15 is 0 Å². The van der Waals surface area contributed by atoms with Crippen LogP contribution in [0.4, 0.5) is 0 Å². The van der Waals surface area contributed by atoms with Crippen LogP contribution in [-0.2, 0) is 17.5 Å². The van der Waals surface area contributed by atoms with Gasteiger partial charge in [-0.2, -0.15) is 0 Å². The number of hydrogen-bond acceptors (Lipinski definition) is 4. The fraction of sp³-hybridized carbons (Fsp3) is 1.00. The summed E-state index contributed by atoms with van der Waals surface area (Å²) < 4.78 is 31.6. The Morgan fingerprint density at radius 2 is 1.37 bits per heavy atom. The molecule has 0 N–H and O–H groups in total. The standard InChI is InChI=1S/C7H20O2Si3.C3H10O2Si2/c1-7(2,11(3)10-8)9-12(4,5)6;1-7(2,3)5-6-4/h10-11H,1-6H3;6H,1-3H3. The predicted octanol–water partition coefficient (Wildman–Crippen LogP) is 1.83. The third-order valence-corrected chi connectivity index (χ3v) is 13.2. The average Bonchev–Trinajstić information content (AvgIpc) is 2.11. The van der Waals surface area contributed by atoms with E-state index in [-0.39, 0.29) is 5.22 Å². The van der Waals surface area contributed by atoms with E-state index < -0.39 is 43.5 Å². The molecule has 4 nitrogen and oxygen atoms in total. The maximum atomic E-state index is 10.8. The summed E-state index contributed by atoms with van der Waals surface area (Å²) in [6.07, 6.45) is 0. The van der Waals surface area contributed by atoms with Gasteiger partial charge in [0.15, 0.2) is 8.32 Å². The minimum Gasteiger partial charge on any atom is -0.581 e. The predicted molar refractivity (Wildman–Crippen MR) is 91.6 cm³/mol. The van der Waals surface area contributed by atoms with Crippen molar-refractivity contribution in [1.29, 1.82) is 0 Å². The van der Waals surface area contributed by atoms with Gasteiger partial charge in [0.25, 0.3) is 0 Å². The van der Waals surface area contributed by atoms with E-state index in [2.05, 4.69) is 40.0 Å². The lowest BCUT2D eigenvalue weighted by Crippen LogP contribution is -2.49. The fourth-order valence-corrected chi connectivity index (χ4v) is 7.65. The van der Waals surface area contributed by atoms with Gasteiger partial charge in [0.1, 0.15) is 8.31 Å². The summed E-state index contributed by atoms with van der Waals surface area (Å²) in [6.45, 7) is 18.9. The normalized spacial score (nSPS) is 13.9. The molecule has 0 saturated carbocycles. The van der Waals surface area contributed by atoms with E-state index in [9.17, 15) is 8.92 Å². The van der Waals surface area contributed by atoms with Crippen molar-refractivity contribution in [1.82, 2.24) is 0 Å². The molecule has 0 aromatic rings. The first-order valence-corrected chi connectivity index (χ1v) is 19.1. The van der Waals surface area contributed by atoms with Crippen LogP contribution in [0.3, 0.4) is 0 Å². The smallest absolute Gasteiger partial charge is 0.472 e. The highest BCUT2D eigenvalue weighted by Crippen LogP contribution is 2.18. The summed E-state index contributed by atoms with van der Waals surface area (Å²) >= 11 is 0. The Balaban J connectivity index is 0. The minimum absolute atomic E-state index is 0.0818. The van der Waals surface area contributed by atoms with Crippen LogP contribution < -0.4 is 0 Å². The maximum Gasteiger partial charge on any atom is 0.472 e. The zero-order chi connectivity index (χ0) is 15.9. The molecule has 0 spiro atoms. The molecule has 0 saturated heterocycles. The Kier molecular flexibility index (Phi) is 9.92. The van der Waals surface area contributed by atoms with Crippen molar-refractivity contribution >= 4 is 43.5 Å². The van der Waals surface area contributed by atoms with Crippen LogP contribution in [0.1, 0.15) is 13.8 Å². The maximum absolute atomic E-state index is 10.8. The molecule has 0 heterocycles. The molecular weight excluding hydrogens is 325 g/mol. The third-order valence-electron chi connectivity index (χ3n) is 2.27. The first kappa shape index (κ1) is 21.7. The lowest BCUT2D eigenvalue weighted by Gasteiger charge is -2.34.